The molecule has 0 aliphatic rings. The molecule has 5 heteroatoms. The molecule has 0 fully saturated rings. The van der Waals surface area contributed by atoms with E-state index in [0.29, 0.717) is 21.4 Å². The van der Waals surface area contributed by atoms with Gasteiger partial charge in [0.25, 0.3) is 0 Å². The Hall–Kier alpha value is -1.16. The highest BCUT2D eigenvalue weighted by Gasteiger charge is 2.12. The standard InChI is InChI=1S/C16H14Cl2O2S/c1-11-3-2-4-12(7-11)9-21(20)10-16(19)13-5-6-14(17)15(18)8-13/h2-8H,9-10H2,1H3. The van der Waals surface area contributed by atoms with Crippen LogP contribution in [0.2, 0.25) is 10.0 Å². The number of aryl methyl sites for hydroxylation is 1. The van der Waals surface area contributed by atoms with Crippen LogP contribution in [0.3, 0.4) is 0 Å². The predicted octanol–water partition coefficient (Wildman–Crippen LogP) is 4.43. The number of ketones is 1. The van der Waals surface area contributed by atoms with Crippen molar-refractivity contribution in [1.82, 2.24) is 0 Å². The molecule has 2 nitrogen and oxygen atoms in total. The third-order valence-corrected chi connectivity index (χ3v) is 4.92. The van der Waals surface area contributed by atoms with E-state index in [1.165, 1.54) is 6.07 Å². The second kappa shape index (κ2) is 7.21. The zero-order chi connectivity index (χ0) is 15.4. The van der Waals surface area contributed by atoms with Crippen molar-refractivity contribution in [2.24, 2.45) is 0 Å². The summed E-state index contributed by atoms with van der Waals surface area (Å²) in [6, 6.07) is 12.5. The van der Waals surface area contributed by atoms with Crippen molar-refractivity contribution in [2.45, 2.75) is 12.7 Å². The first-order valence-electron chi connectivity index (χ1n) is 6.34. The molecular formula is C16H14Cl2O2S. The molecule has 0 aliphatic carbocycles. The number of benzene rings is 2. The summed E-state index contributed by atoms with van der Waals surface area (Å²) < 4.78 is 12.1. The van der Waals surface area contributed by atoms with E-state index in [1.54, 1.807) is 12.1 Å². The van der Waals surface area contributed by atoms with Crippen molar-refractivity contribution < 1.29 is 9.00 Å². The molecule has 2 rings (SSSR count). The van der Waals surface area contributed by atoms with Crippen molar-refractivity contribution in [3.63, 3.8) is 0 Å². The molecule has 0 radical (unpaired) electrons. The molecule has 0 spiro atoms. The van der Waals surface area contributed by atoms with Crippen LogP contribution >= 0.6 is 23.2 Å². The molecule has 21 heavy (non-hydrogen) atoms. The molecule has 0 aliphatic heterocycles. The lowest BCUT2D eigenvalue weighted by atomic mass is 10.1. The Morgan fingerprint density at radius 3 is 2.52 bits per heavy atom. The van der Waals surface area contributed by atoms with E-state index in [9.17, 15) is 9.00 Å². The van der Waals surface area contributed by atoms with Crippen molar-refractivity contribution in [1.29, 1.82) is 0 Å². The number of rotatable bonds is 5. The van der Waals surface area contributed by atoms with E-state index >= 15 is 0 Å². The summed E-state index contributed by atoms with van der Waals surface area (Å²) in [4.78, 5) is 12.1. The van der Waals surface area contributed by atoms with E-state index in [2.05, 4.69) is 0 Å². The van der Waals surface area contributed by atoms with Gasteiger partial charge in [-0.25, -0.2) is 0 Å². The van der Waals surface area contributed by atoms with E-state index in [4.69, 9.17) is 23.2 Å². The Balaban J connectivity index is 2.02. The average molecular weight is 341 g/mol. The first kappa shape index (κ1) is 16.2. The zero-order valence-electron chi connectivity index (χ0n) is 11.4. The lowest BCUT2D eigenvalue weighted by molar-refractivity contribution is 0.102. The van der Waals surface area contributed by atoms with Gasteiger partial charge in [-0.3, -0.25) is 9.00 Å². The maximum absolute atomic E-state index is 12.1. The monoisotopic (exact) mass is 340 g/mol. The maximum atomic E-state index is 12.1. The molecule has 1 atom stereocenters. The summed E-state index contributed by atoms with van der Waals surface area (Å²) in [5.74, 6) is 0.153. The first-order chi connectivity index (χ1) is 9.95. The minimum atomic E-state index is -1.25. The van der Waals surface area contributed by atoms with Crippen LogP contribution in [0.5, 0.6) is 0 Å². The summed E-state index contributed by atoms with van der Waals surface area (Å²) in [5, 5.41) is 0.723. The topological polar surface area (TPSA) is 34.1 Å². The summed E-state index contributed by atoms with van der Waals surface area (Å²) in [6.45, 7) is 1.98. The number of hydrogen-bond acceptors (Lipinski definition) is 2. The number of hydrogen-bond donors (Lipinski definition) is 0. The van der Waals surface area contributed by atoms with E-state index in [1.807, 2.05) is 31.2 Å². The lowest BCUT2D eigenvalue weighted by Crippen LogP contribution is -2.12. The molecule has 1 unspecified atom stereocenters. The Labute approximate surface area is 136 Å². The van der Waals surface area contributed by atoms with Gasteiger partial charge in [-0.2, -0.15) is 0 Å². The molecular weight excluding hydrogens is 327 g/mol. The van der Waals surface area contributed by atoms with Crippen molar-refractivity contribution >= 4 is 39.8 Å². The summed E-state index contributed by atoms with van der Waals surface area (Å²) in [6.07, 6.45) is 0. The highest BCUT2D eigenvalue weighted by molar-refractivity contribution is 7.85. The second-order valence-corrected chi connectivity index (χ2v) is 7.04. The Kier molecular flexibility index (Phi) is 5.57. The van der Waals surface area contributed by atoms with Gasteiger partial charge < -0.3 is 0 Å². The van der Waals surface area contributed by atoms with Gasteiger partial charge in [-0.1, -0.05) is 53.0 Å². The molecule has 0 amide bonds. The van der Waals surface area contributed by atoms with Crippen LogP contribution in [0.25, 0.3) is 0 Å². The third kappa shape index (κ3) is 4.67. The SMILES string of the molecule is Cc1cccc(CS(=O)CC(=O)c2ccc(Cl)c(Cl)c2)c1. The van der Waals surface area contributed by atoms with Crippen LogP contribution in [0, 0.1) is 6.92 Å². The molecule has 110 valence electrons. The van der Waals surface area contributed by atoms with Gasteiger partial charge in [-0.15, -0.1) is 0 Å². The summed E-state index contributed by atoms with van der Waals surface area (Å²) in [5.41, 5.74) is 2.51. The number of halogens is 2. The van der Waals surface area contributed by atoms with Crippen LogP contribution in [-0.4, -0.2) is 15.7 Å². The highest BCUT2D eigenvalue weighted by atomic mass is 35.5. The number of Topliss-reactive ketones (excluding diaryl/α,β-unsaturated/α-hetero) is 1. The van der Waals surface area contributed by atoms with Crippen LogP contribution in [0.4, 0.5) is 0 Å². The van der Waals surface area contributed by atoms with Crippen molar-refractivity contribution in [3.05, 3.63) is 69.2 Å². The van der Waals surface area contributed by atoms with Gasteiger partial charge in [0.1, 0.15) is 0 Å². The van der Waals surface area contributed by atoms with Crippen LogP contribution in [-0.2, 0) is 16.6 Å². The fourth-order valence-electron chi connectivity index (χ4n) is 1.94. The highest BCUT2D eigenvalue weighted by Crippen LogP contribution is 2.23. The van der Waals surface area contributed by atoms with Gasteiger partial charge in [0.2, 0.25) is 0 Å². The van der Waals surface area contributed by atoms with Gasteiger partial charge in [0.15, 0.2) is 5.78 Å². The second-order valence-electron chi connectivity index (χ2n) is 4.77. The lowest BCUT2D eigenvalue weighted by Gasteiger charge is -2.05. The van der Waals surface area contributed by atoms with E-state index < -0.39 is 10.8 Å². The van der Waals surface area contributed by atoms with Gasteiger partial charge in [0, 0.05) is 22.1 Å². The predicted molar refractivity (Wildman–Crippen MR) is 88.7 cm³/mol. The maximum Gasteiger partial charge on any atom is 0.175 e. The van der Waals surface area contributed by atoms with E-state index in [-0.39, 0.29) is 11.5 Å². The quantitative estimate of drug-likeness (QED) is 0.754. The number of carbonyl (C=O) groups is 1. The fourth-order valence-corrected chi connectivity index (χ4v) is 3.35. The fraction of sp³-hybridized carbons (Fsp3) is 0.188. The molecule has 2 aromatic carbocycles. The molecule has 0 saturated carbocycles. The van der Waals surface area contributed by atoms with Crippen molar-refractivity contribution in [2.75, 3.05) is 5.75 Å². The Bertz CT molecular complexity index is 698. The van der Waals surface area contributed by atoms with Crippen molar-refractivity contribution in [3.8, 4) is 0 Å². The molecule has 2 aromatic rings. The molecule has 0 bridgehead atoms. The van der Waals surface area contributed by atoms with Gasteiger partial charge >= 0.3 is 0 Å². The van der Waals surface area contributed by atoms with Crippen LogP contribution in [0.15, 0.2) is 42.5 Å². The van der Waals surface area contributed by atoms with Gasteiger partial charge in [-0.05, 0) is 30.7 Å². The minimum absolute atomic E-state index is 0.0219. The Morgan fingerprint density at radius 1 is 1.10 bits per heavy atom. The zero-order valence-corrected chi connectivity index (χ0v) is 13.8. The third-order valence-electron chi connectivity index (χ3n) is 2.94. The van der Waals surface area contributed by atoms with Gasteiger partial charge in [0.05, 0.1) is 15.8 Å². The van der Waals surface area contributed by atoms with Crippen LogP contribution in [0.1, 0.15) is 21.5 Å². The number of carbonyl (C=O) groups excluding carboxylic acids is 1. The average Bonchev–Trinajstić information content (AvgIpc) is 2.41. The smallest absolute Gasteiger partial charge is 0.175 e. The Morgan fingerprint density at radius 2 is 1.86 bits per heavy atom. The van der Waals surface area contributed by atoms with E-state index in [0.717, 1.165) is 11.1 Å². The normalized spacial score (nSPS) is 12.1. The largest absolute Gasteiger partial charge is 0.293 e. The molecule has 0 N–H and O–H groups in total. The summed E-state index contributed by atoms with van der Waals surface area (Å²) in [7, 11) is -1.25. The minimum Gasteiger partial charge on any atom is -0.293 e. The molecule has 0 saturated heterocycles. The molecule has 0 heterocycles. The molecule has 0 aromatic heterocycles. The van der Waals surface area contributed by atoms with Crippen LogP contribution < -0.4 is 0 Å². The first-order valence-corrected chi connectivity index (χ1v) is 8.59. The summed E-state index contributed by atoms with van der Waals surface area (Å²) >= 11 is 11.7.